The van der Waals surface area contributed by atoms with Crippen LogP contribution in [0.5, 0.6) is 0 Å². The van der Waals surface area contributed by atoms with Crippen LogP contribution in [0.25, 0.3) is 11.0 Å². The third kappa shape index (κ3) is 3.24. The van der Waals surface area contributed by atoms with Crippen molar-refractivity contribution in [3.05, 3.63) is 24.0 Å². The highest BCUT2D eigenvalue weighted by Gasteiger charge is 2.55. The number of aryl methyl sites for hydroxylation is 2. The summed E-state index contributed by atoms with van der Waals surface area (Å²) in [5.41, 5.74) is 1.59. The largest absolute Gasteiger partial charge is 0.328 e. The SMILES string of the molecule is CCc1nc2cc(NC(=O)CN3C(=O)NC4(CCCCC4C)C3=O)ccc2n1CC. The third-order valence-electron chi connectivity index (χ3n) is 6.55. The predicted molar refractivity (Wildman–Crippen MR) is 114 cm³/mol. The van der Waals surface area contributed by atoms with Crippen molar-refractivity contribution in [3.8, 4) is 0 Å². The first-order chi connectivity index (χ1) is 14.4. The molecule has 0 bridgehead atoms. The number of nitrogens with zero attached hydrogens (tertiary/aromatic N) is 3. The van der Waals surface area contributed by atoms with Crippen LogP contribution in [0.3, 0.4) is 0 Å². The molecule has 4 rings (SSSR count). The molecule has 2 fully saturated rings. The molecule has 0 radical (unpaired) electrons. The van der Waals surface area contributed by atoms with Crippen LogP contribution in [0.2, 0.25) is 0 Å². The van der Waals surface area contributed by atoms with Crippen molar-refractivity contribution in [2.24, 2.45) is 5.92 Å². The van der Waals surface area contributed by atoms with Gasteiger partial charge >= 0.3 is 6.03 Å². The highest BCUT2D eigenvalue weighted by molar-refractivity contribution is 6.10. The second-order valence-electron chi connectivity index (χ2n) is 8.32. The van der Waals surface area contributed by atoms with Crippen LogP contribution in [0.15, 0.2) is 18.2 Å². The van der Waals surface area contributed by atoms with Crippen molar-refractivity contribution in [1.29, 1.82) is 0 Å². The molecule has 2 aliphatic rings. The molecular weight excluding hydrogens is 382 g/mol. The minimum atomic E-state index is -0.849. The molecule has 2 heterocycles. The number of hydrogen-bond donors (Lipinski definition) is 2. The van der Waals surface area contributed by atoms with Crippen LogP contribution in [-0.4, -0.2) is 44.4 Å². The molecule has 1 aliphatic heterocycles. The normalized spacial score (nSPS) is 24.0. The summed E-state index contributed by atoms with van der Waals surface area (Å²) in [6.07, 6.45) is 4.32. The van der Waals surface area contributed by atoms with E-state index in [-0.39, 0.29) is 18.4 Å². The number of benzene rings is 1. The number of imide groups is 1. The minimum absolute atomic E-state index is 0.0691. The highest BCUT2D eigenvalue weighted by atomic mass is 16.2. The molecule has 4 amide bonds. The zero-order chi connectivity index (χ0) is 21.5. The number of carbonyl (C=O) groups is 3. The van der Waals surface area contributed by atoms with E-state index in [1.54, 1.807) is 0 Å². The molecule has 30 heavy (non-hydrogen) atoms. The number of aromatic nitrogens is 2. The number of imidazole rings is 1. The second-order valence-corrected chi connectivity index (χ2v) is 8.32. The molecule has 1 aromatic heterocycles. The number of nitrogens with one attached hydrogen (secondary N) is 2. The lowest BCUT2D eigenvalue weighted by molar-refractivity contribution is -0.136. The summed E-state index contributed by atoms with van der Waals surface area (Å²) in [7, 11) is 0. The number of fused-ring (bicyclic) bond motifs is 1. The molecule has 2 atom stereocenters. The average Bonchev–Trinajstić information content (AvgIpc) is 3.20. The van der Waals surface area contributed by atoms with E-state index in [0.717, 1.165) is 54.0 Å². The molecule has 2 N–H and O–H groups in total. The van der Waals surface area contributed by atoms with E-state index >= 15 is 0 Å². The molecule has 160 valence electrons. The number of rotatable bonds is 5. The van der Waals surface area contributed by atoms with Crippen LogP contribution in [0.1, 0.15) is 52.3 Å². The van der Waals surface area contributed by atoms with Gasteiger partial charge in [-0.15, -0.1) is 0 Å². The van der Waals surface area contributed by atoms with Crippen molar-refractivity contribution in [2.45, 2.75) is 65.0 Å². The lowest BCUT2D eigenvalue weighted by Gasteiger charge is -2.36. The fourth-order valence-electron chi connectivity index (χ4n) is 4.86. The maximum atomic E-state index is 13.0. The maximum Gasteiger partial charge on any atom is 0.325 e. The van der Waals surface area contributed by atoms with Gasteiger partial charge < -0.3 is 15.2 Å². The van der Waals surface area contributed by atoms with E-state index in [0.29, 0.717) is 12.1 Å². The van der Waals surface area contributed by atoms with Crippen LogP contribution < -0.4 is 10.6 Å². The van der Waals surface area contributed by atoms with Gasteiger partial charge in [0.25, 0.3) is 5.91 Å². The lowest BCUT2D eigenvalue weighted by Crippen LogP contribution is -2.54. The monoisotopic (exact) mass is 411 g/mol. The van der Waals surface area contributed by atoms with E-state index < -0.39 is 17.5 Å². The van der Waals surface area contributed by atoms with Crippen molar-refractivity contribution in [1.82, 2.24) is 19.8 Å². The smallest absolute Gasteiger partial charge is 0.325 e. The van der Waals surface area contributed by atoms with Gasteiger partial charge in [0.2, 0.25) is 5.91 Å². The Labute approximate surface area is 176 Å². The van der Waals surface area contributed by atoms with Crippen LogP contribution >= 0.6 is 0 Å². The van der Waals surface area contributed by atoms with Gasteiger partial charge in [-0.25, -0.2) is 9.78 Å². The Kier molecular flexibility index (Phi) is 5.26. The van der Waals surface area contributed by atoms with E-state index in [2.05, 4.69) is 34.0 Å². The van der Waals surface area contributed by atoms with E-state index in [4.69, 9.17) is 0 Å². The Morgan fingerprint density at radius 2 is 2.10 bits per heavy atom. The first kappa shape index (κ1) is 20.4. The van der Waals surface area contributed by atoms with Gasteiger partial charge in [-0.1, -0.05) is 26.7 Å². The summed E-state index contributed by atoms with van der Waals surface area (Å²) in [5.74, 6) is 0.394. The van der Waals surface area contributed by atoms with E-state index in [1.807, 2.05) is 25.1 Å². The average molecular weight is 412 g/mol. The standard InChI is InChI=1S/C22H29N5O3/c1-4-18-24-16-12-15(9-10-17(16)26(18)5-2)23-19(28)13-27-20(29)22(25-21(27)30)11-7-6-8-14(22)3/h9-10,12,14H,4-8,11,13H2,1-3H3,(H,23,28)(H,25,30). The maximum absolute atomic E-state index is 13.0. The second kappa shape index (κ2) is 7.74. The predicted octanol–water partition coefficient (Wildman–Crippen LogP) is 3.06. The first-order valence-electron chi connectivity index (χ1n) is 10.8. The number of carbonyl (C=O) groups excluding carboxylic acids is 3. The zero-order valence-electron chi connectivity index (χ0n) is 17.8. The Morgan fingerprint density at radius 1 is 1.30 bits per heavy atom. The molecule has 1 saturated carbocycles. The van der Waals surface area contributed by atoms with Crippen LogP contribution in [0.4, 0.5) is 10.5 Å². The molecule has 1 aliphatic carbocycles. The van der Waals surface area contributed by atoms with Gasteiger partial charge in [0.05, 0.1) is 11.0 Å². The summed E-state index contributed by atoms with van der Waals surface area (Å²) in [6.45, 7) is 6.68. The molecule has 1 saturated heterocycles. The number of anilines is 1. The van der Waals surface area contributed by atoms with Crippen molar-refractivity contribution in [2.75, 3.05) is 11.9 Å². The van der Waals surface area contributed by atoms with E-state index in [1.165, 1.54) is 0 Å². The Hall–Kier alpha value is -2.90. The Bertz CT molecular complexity index is 1010. The van der Waals surface area contributed by atoms with Gasteiger partial charge in [-0.05, 0) is 43.9 Å². The molecule has 1 spiro atoms. The van der Waals surface area contributed by atoms with Crippen LogP contribution in [0, 0.1) is 5.92 Å². The molecule has 2 unspecified atom stereocenters. The third-order valence-corrected chi connectivity index (χ3v) is 6.55. The Balaban J connectivity index is 1.48. The van der Waals surface area contributed by atoms with Gasteiger partial charge in [0.15, 0.2) is 0 Å². The van der Waals surface area contributed by atoms with E-state index in [9.17, 15) is 14.4 Å². The summed E-state index contributed by atoms with van der Waals surface area (Å²) in [6, 6.07) is 5.11. The fourth-order valence-corrected chi connectivity index (χ4v) is 4.86. The van der Waals surface area contributed by atoms with Crippen LogP contribution in [-0.2, 0) is 22.6 Å². The lowest BCUT2D eigenvalue weighted by atomic mass is 9.73. The Morgan fingerprint density at radius 3 is 2.80 bits per heavy atom. The molecule has 2 aromatic rings. The first-order valence-corrected chi connectivity index (χ1v) is 10.8. The van der Waals surface area contributed by atoms with Gasteiger partial charge in [0.1, 0.15) is 17.9 Å². The molecule has 8 nitrogen and oxygen atoms in total. The summed E-state index contributed by atoms with van der Waals surface area (Å²) < 4.78 is 2.15. The van der Waals surface area contributed by atoms with Gasteiger partial charge in [0, 0.05) is 18.7 Å². The molecule has 8 heteroatoms. The number of urea groups is 1. The van der Waals surface area contributed by atoms with Gasteiger partial charge in [-0.2, -0.15) is 0 Å². The summed E-state index contributed by atoms with van der Waals surface area (Å²) in [5, 5.41) is 5.69. The number of hydrogen-bond acceptors (Lipinski definition) is 4. The molecule has 1 aromatic carbocycles. The molecular formula is C22H29N5O3. The van der Waals surface area contributed by atoms with Gasteiger partial charge in [-0.3, -0.25) is 14.5 Å². The van der Waals surface area contributed by atoms with Crippen molar-refractivity contribution >= 4 is 34.6 Å². The fraction of sp³-hybridized carbons (Fsp3) is 0.545. The van der Waals surface area contributed by atoms with Crippen molar-refractivity contribution < 1.29 is 14.4 Å². The minimum Gasteiger partial charge on any atom is -0.328 e. The number of amides is 4. The summed E-state index contributed by atoms with van der Waals surface area (Å²) >= 11 is 0. The zero-order valence-corrected chi connectivity index (χ0v) is 17.8. The quantitative estimate of drug-likeness (QED) is 0.739. The topological polar surface area (TPSA) is 96.3 Å². The highest BCUT2D eigenvalue weighted by Crippen LogP contribution is 2.38. The van der Waals surface area contributed by atoms with Crippen molar-refractivity contribution in [3.63, 3.8) is 0 Å². The summed E-state index contributed by atoms with van der Waals surface area (Å²) in [4.78, 5) is 43.8.